The molecule has 1 amide bonds. The van der Waals surface area contributed by atoms with Crippen molar-refractivity contribution in [3.63, 3.8) is 0 Å². The number of carbonyl (C=O) groups excluding carboxylic acids is 1. The molecule has 1 aromatic rings. The third kappa shape index (κ3) is 2.82. The van der Waals surface area contributed by atoms with Gasteiger partial charge in [-0.2, -0.15) is 0 Å². The SMILES string of the molecule is CCN(CC)C(=O)[C@@H](C)c1ccccc1. The van der Waals surface area contributed by atoms with Gasteiger partial charge in [-0.25, -0.2) is 0 Å². The molecule has 1 aromatic carbocycles. The van der Waals surface area contributed by atoms with Gasteiger partial charge in [0.05, 0.1) is 5.92 Å². The van der Waals surface area contributed by atoms with Gasteiger partial charge in [0.15, 0.2) is 0 Å². The van der Waals surface area contributed by atoms with E-state index in [1.54, 1.807) is 0 Å². The van der Waals surface area contributed by atoms with Crippen LogP contribution >= 0.6 is 0 Å². The van der Waals surface area contributed by atoms with E-state index >= 15 is 0 Å². The van der Waals surface area contributed by atoms with Crippen LogP contribution in [0.2, 0.25) is 0 Å². The van der Waals surface area contributed by atoms with Crippen LogP contribution in [0.1, 0.15) is 32.3 Å². The maximum absolute atomic E-state index is 12.0. The summed E-state index contributed by atoms with van der Waals surface area (Å²) in [6.07, 6.45) is 0. The summed E-state index contributed by atoms with van der Waals surface area (Å²) in [5, 5.41) is 0. The summed E-state index contributed by atoms with van der Waals surface area (Å²) in [5.41, 5.74) is 1.09. The first kappa shape index (κ1) is 11.8. The number of benzene rings is 1. The minimum atomic E-state index is -0.0360. The number of hydrogen-bond acceptors (Lipinski definition) is 1. The lowest BCUT2D eigenvalue weighted by molar-refractivity contribution is -0.132. The molecule has 0 fully saturated rings. The first-order valence-corrected chi connectivity index (χ1v) is 5.54. The van der Waals surface area contributed by atoms with Gasteiger partial charge < -0.3 is 4.90 Å². The quantitative estimate of drug-likeness (QED) is 0.740. The second kappa shape index (κ2) is 5.54. The van der Waals surface area contributed by atoms with Gasteiger partial charge in [0.25, 0.3) is 0 Å². The van der Waals surface area contributed by atoms with E-state index in [1.165, 1.54) is 0 Å². The summed E-state index contributed by atoms with van der Waals surface area (Å²) >= 11 is 0. The Morgan fingerprint density at radius 2 is 1.73 bits per heavy atom. The van der Waals surface area contributed by atoms with Gasteiger partial charge in [0.2, 0.25) is 5.91 Å². The van der Waals surface area contributed by atoms with E-state index in [4.69, 9.17) is 0 Å². The van der Waals surface area contributed by atoms with Crippen LogP contribution in [-0.2, 0) is 4.79 Å². The smallest absolute Gasteiger partial charge is 0.229 e. The lowest BCUT2D eigenvalue weighted by Crippen LogP contribution is -2.33. The summed E-state index contributed by atoms with van der Waals surface area (Å²) in [6.45, 7) is 7.56. The molecule has 0 unspecified atom stereocenters. The summed E-state index contributed by atoms with van der Waals surface area (Å²) in [7, 11) is 0. The molecule has 0 aliphatic heterocycles. The molecule has 82 valence electrons. The fourth-order valence-corrected chi connectivity index (χ4v) is 1.69. The highest BCUT2D eigenvalue weighted by Gasteiger charge is 2.18. The normalized spacial score (nSPS) is 12.2. The lowest BCUT2D eigenvalue weighted by atomic mass is 10.00. The predicted molar refractivity (Wildman–Crippen MR) is 62.8 cm³/mol. The first-order valence-electron chi connectivity index (χ1n) is 5.54. The van der Waals surface area contributed by atoms with Crippen molar-refractivity contribution in [3.05, 3.63) is 35.9 Å². The molecule has 2 nitrogen and oxygen atoms in total. The fraction of sp³-hybridized carbons (Fsp3) is 0.462. The van der Waals surface area contributed by atoms with E-state index in [9.17, 15) is 4.79 Å². The average Bonchev–Trinajstić information content (AvgIpc) is 2.30. The zero-order valence-corrected chi connectivity index (χ0v) is 9.73. The van der Waals surface area contributed by atoms with Gasteiger partial charge in [-0.05, 0) is 26.3 Å². The van der Waals surface area contributed by atoms with E-state index in [1.807, 2.05) is 56.0 Å². The molecule has 0 spiro atoms. The standard InChI is InChI=1S/C13H19NO/c1-4-14(5-2)13(15)11(3)12-9-7-6-8-10-12/h6-11H,4-5H2,1-3H3/t11-/m0/s1. The van der Waals surface area contributed by atoms with E-state index < -0.39 is 0 Å². The van der Waals surface area contributed by atoms with Crippen LogP contribution in [0, 0.1) is 0 Å². The fourth-order valence-electron chi connectivity index (χ4n) is 1.69. The molecule has 0 heterocycles. The summed E-state index contributed by atoms with van der Waals surface area (Å²) in [5.74, 6) is 0.178. The highest BCUT2D eigenvalue weighted by Crippen LogP contribution is 2.17. The van der Waals surface area contributed by atoms with Crippen molar-refractivity contribution in [3.8, 4) is 0 Å². The van der Waals surface area contributed by atoms with E-state index in [2.05, 4.69) is 0 Å². The number of amides is 1. The highest BCUT2D eigenvalue weighted by molar-refractivity contribution is 5.83. The molecule has 0 aromatic heterocycles. The third-order valence-electron chi connectivity index (χ3n) is 2.75. The van der Waals surface area contributed by atoms with Crippen molar-refractivity contribution >= 4 is 5.91 Å². The molecule has 0 radical (unpaired) electrons. The van der Waals surface area contributed by atoms with Crippen LogP contribution in [0.15, 0.2) is 30.3 Å². The molecular weight excluding hydrogens is 186 g/mol. The zero-order valence-electron chi connectivity index (χ0n) is 9.73. The average molecular weight is 205 g/mol. The second-order valence-electron chi connectivity index (χ2n) is 3.64. The number of rotatable bonds is 4. The minimum Gasteiger partial charge on any atom is -0.343 e. The highest BCUT2D eigenvalue weighted by atomic mass is 16.2. The van der Waals surface area contributed by atoms with Crippen LogP contribution < -0.4 is 0 Å². The molecule has 1 rings (SSSR count). The van der Waals surface area contributed by atoms with Gasteiger partial charge in [-0.15, -0.1) is 0 Å². The molecule has 0 saturated heterocycles. The molecule has 0 saturated carbocycles. The van der Waals surface area contributed by atoms with Gasteiger partial charge in [-0.1, -0.05) is 30.3 Å². The summed E-state index contributed by atoms with van der Waals surface area (Å²) in [6, 6.07) is 9.93. The Morgan fingerprint density at radius 3 is 2.20 bits per heavy atom. The van der Waals surface area contributed by atoms with E-state index in [-0.39, 0.29) is 11.8 Å². The number of carbonyl (C=O) groups is 1. The lowest BCUT2D eigenvalue weighted by Gasteiger charge is -2.23. The monoisotopic (exact) mass is 205 g/mol. The van der Waals surface area contributed by atoms with Crippen LogP contribution in [-0.4, -0.2) is 23.9 Å². The second-order valence-corrected chi connectivity index (χ2v) is 3.64. The molecule has 0 aliphatic rings. The van der Waals surface area contributed by atoms with E-state index in [0.29, 0.717) is 0 Å². The van der Waals surface area contributed by atoms with Crippen LogP contribution in [0.5, 0.6) is 0 Å². The third-order valence-corrected chi connectivity index (χ3v) is 2.75. The minimum absolute atomic E-state index is 0.0360. The van der Waals surface area contributed by atoms with Crippen molar-refractivity contribution in [1.82, 2.24) is 4.90 Å². The zero-order chi connectivity index (χ0) is 11.3. The van der Waals surface area contributed by atoms with Gasteiger partial charge in [-0.3, -0.25) is 4.79 Å². The van der Waals surface area contributed by atoms with Gasteiger partial charge in [0.1, 0.15) is 0 Å². The molecule has 15 heavy (non-hydrogen) atoms. The molecule has 1 atom stereocenters. The van der Waals surface area contributed by atoms with Crippen LogP contribution in [0.3, 0.4) is 0 Å². The van der Waals surface area contributed by atoms with Crippen molar-refractivity contribution < 1.29 is 4.79 Å². The number of likely N-dealkylation sites (N-methyl/N-ethyl adjacent to an activating group) is 1. The molecule has 0 N–H and O–H groups in total. The van der Waals surface area contributed by atoms with Crippen molar-refractivity contribution in [2.24, 2.45) is 0 Å². The molecule has 0 bridgehead atoms. The summed E-state index contributed by atoms with van der Waals surface area (Å²) in [4.78, 5) is 13.9. The van der Waals surface area contributed by atoms with Gasteiger partial charge >= 0.3 is 0 Å². The predicted octanol–water partition coefficient (Wildman–Crippen LogP) is 2.66. The topological polar surface area (TPSA) is 20.3 Å². The Hall–Kier alpha value is -1.31. The van der Waals surface area contributed by atoms with Crippen molar-refractivity contribution in [2.45, 2.75) is 26.7 Å². The Bertz CT molecular complexity index is 304. The Labute approximate surface area is 91.9 Å². The maximum atomic E-state index is 12.0. The number of nitrogens with zero attached hydrogens (tertiary/aromatic N) is 1. The maximum Gasteiger partial charge on any atom is 0.229 e. The van der Waals surface area contributed by atoms with Crippen LogP contribution in [0.4, 0.5) is 0 Å². The van der Waals surface area contributed by atoms with Crippen molar-refractivity contribution in [2.75, 3.05) is 13.1 Å². The van der Waals surface area contributed by atoms with Gasteiger partial charge in [0, 0.05) is 13.1 Å². The Morgan fingerprint density at radius 1 is 1.20 bits per heavy atom. The van der Waals surface area contributed by atoms with Crippen molar-refractivity contribution in [1.29, 1.82) is 0 Å². The Kier molecular flexibility index (Phi) is 4.35. The molecule has 2 heteroatoms. The number of hydrogen-bond donors (Lipinski definition) is 0. The molecular formula is C13H19NO. The van der Waals surface area contributed by atoms with E-state index in [0.717, 1.165) is 18.7 Å². The molecule has 0 aliphatic carbocycles. The summed E-state index contributed by atoms with van der Waals surface area (Å²) < 4.78 is 0. The first-order chi connectivity index (χ1) is 7.20. The Balaban J connectivity index is 2.76. The largest absolute Gasteiger partial charge is 0.343 e. The van der Waals surface area contributed by atoms with Crippen LogP contribution in [0.25, 0.3) is 0 Å².